The lowest BCUT2D eigenvalue weighted by atomic mass is 9.85. The molecule has 0 aliphatic heterocycles. The van der Waals surface area contributed by atoms with E-state index in [4.69, 9.17) is 22.1 Å². The van der Waals surface area contributed by atoms with Crippen LogP contribution in [0.5, 0.6) is 5.75 Å². The molecule has 134 valence electrons. The van der Waals surface area contributed by atoms with Crippen LogP contribution in [0, 0.1) is 0 Å². The summed E-state index contributed by atoms with van der Waals surface area (Å²) in [6.07, 6.45) is 0.524. The van der Waals surface area contributed by atoms with Crippen LogP contribution in [0.15, 0.2) is 54.6 Å². The summed E-state index contributed by atoms with van der Waals surface area (Å²) in [7, 11) is 2.00. The molecule has 0 unspecified atom stereocenters. The Morgan fingerprint density at radius 1 is 1.12 bits per heavy atom. The number of nitrogens with zero attached hydrogens (tertiary/aromatic N) is 1. The molecule has 1 fully saturated rings. The van der Waals surface area contributed by atoms with E-state index >= 15 is 0 Å². The van der Waals surface area contributed by atoms with E-state index in [0.29, 0.717) is 17.2 Å². The van der Waals surface area contributed by atoms with Crippen LogP contribution in [0.3, 0.4) is 0 Å². The highest BCUT2D eigenvalue weighted by Crippen LogP contribution is 2.30. The summed E-state index contributed by atoms with van der Waals surface area (Å²) in [5.41, 5.74) is 7.52. The van der Waals surface area contributed by atoms with E-state index in [1.165, 1.54) is 5.56 Å². The zero-order valence-corrected chi connectivity index (χ0v) is 15.1. The van der Waals surface area contributed by atoms with Crippen LogP contribution in [0.25, 0.3) is 0 Å². The van der Waals surface area contributed by atoms with Crippen LogP contribution in [0.1, 0.15) is 18.4 Å². The fourth-order valence-corrected chi connectivity index (χ4v) is 3.75. The third-order valence-electron chi connectivity index (χ3n) is 4.85. The Bertz CT molecular complexity index is 682. The third kappa shape index (κ3) is 4.33. The maximum absolute atomic E-state index is 10.9. The average Bonchev–Trinajstić information content (AvgIpc) is 2.60. The van der Waals surface area contributed by atoms with E-state index < -0.39 is 6.10 Å². The normalized spacial score (nSPS) is 26.6. The molecule has 0 saturated heterocycles. The van der Waals surface area contributed by atoms with Crippen LogP contribution >= 0.6 is 11.6 Å². The van der Waals surface area contributed by atoms with Gasteiger partial charge in [-0.05, 0) is 37.6 Å². The molecule has 0 bridgehead atoms. The highest BCUT2D eigenvalue weighted by molar-refractivity contribution is 6.32. The molecule has 0 heterocycles. The second-order valence-corrected chi connectivity index (χ2v) is 7.12. The minimum Gasteiger partial charge on any atom is -0.486 e. The number of ether oxygens (including phenoxy) is 1. The van der Waals surface area contributed by atoms with E-state index in [9.17, 15) is 5.11 Å². The number of benzene rings is 2. The zero-order valence-electron chi connectivity index (χ0n) is 14.4. The summed E-state index contributed by atoms with van der Waals surface area (Å²) >= 11 is 6.18. The lowest BCUT2D eigenvalue weighted by Crippen LogP contribution is -2.60. The number of hydrogen-bond acceptors (Lipinski definition) is 4. The molecule has 2 aromatic carbocycles. The number of aliphatic hydroxyl groups is 1. The van der Waals surface area contributed by atoms with Gasteiger partial charge in [-0.25, -0.2) is 0 Å². The molecule has 3 N–H and O–H groups in total. The highest BCUT2D eigenvalue weighted by atomic mass is 35.5. The molecular weight excluding hydrogens is 336 g/mol. The number of para-hydroxylation sites is 1. The van der Waals surface area contributed by atoms with Crippen molar-refractivity contribution < 1.29 is 9.84 Å². The van der Waals surface area contributed by atoms with Gasteiger partial charge in [0.25, 0.3) is 0 Å². The van der Waals surface area contributed by atoms with E-state index in [1.807, 2.05) is 43.4 Å². The van der Waals surface area contributed by atoms with Crippen molar-refractivity contribution in [3.8, 4) is 5.75 Å². The third-order valence-corrected chi connectivity index (χ3v) is 5.17. The monoisotopic (exact) mass is 360 g/mol. The number of rotatable bonds is 5. The van der Waals surface area contributed by atoms with Crippen molar-refractivity contribution in [1.29, 1.82) is 0 Å². The summed E-state index contributed by atoms with van der Waals surface area (Å²) in [6.45, 7) is 0.731. The second-order valence-electron chi connectivity index (χ2n) is 6.71. The Hall–Kier alpha value is -1.59. The predicted octanol–water partition coefficient (Wildman–Crippen LogP) is 3.07. The first-order chi connectivity index (χ1) is 12.1. The van der Waals surface area contributed by atoms with Crippen molar-refractivity contribution in [2.45, 2.75) is 43.7 Å². The summed E-state index contributed by atoms with van der Waals surface area (Å²) in [6, 6.07) is 17.3. The van der Waals surface area contributed by atoms with Crippen LogP contribution in [0.2, 0.25) is 5.02 Å². The Morgan fingerprint density at radius 3 is 2.52 bits per heavy atom. The molecule has 0 radical (unpaired) electrons. The average molecular weight is 361 g/mol. The van der Waals surface area contributed by atoms with Gasteiger partial charge < -0.3 is 15.6 Å². The second kappa shape index (κ2) is 8.19. The van der Waals surface area contributed by atoms with Gasteiger partial charge in [-0.2, -0.15) is 0 Å². The molecule has 0 amide bonds. The molecule has 4 nitrogen and oxygen atoms in total. The van der Waals surface area contributed by atoms with E-state index in [0.717, 1.165) is 13.0 Å². The fraction of sp³-hybridized carbons (Fsp3) is 0.400. The molecule has 1 saturated carbocycles. The van der Waals surface area contributed by atoms with Gasteiger partial charge in [0, 0.05) is 12.6 Å². The lowest BCUT2D eigenvalue weighted by Gasteiger charge is -2.43. The minimum absolute atomic E-state index is 0.0881. The maximum atomic E-state index is 10.9. The Labute approximate surface area is 154 Å². The van der Waals surface area contributed by atoms with Crippen LogP contribution < -0.4 is 10.5 Å². The maximum Gasteiger partial charge on any atom is 0.138 e. The molecule has 0 spiro atoms. The van der Waals surface area contributed by atoms with Crippen molar-refractivity contribution in [3.63, 3.8) is 0 Å². The number of likely N-dealkylation sites (N-methyl/N-ethyl adjacent to an activating group) is 1. The van der Waals surface area contributed by atoms with Gasteiger partial charge in [0.2, 0.25) is 0 Å². The molecule has 5 heteroatoms. The van der Waals surface area contributed by atoms with Gasteiger partial charge in [-0.15, -0.1) is 0 Å². The van der Waals surface area contributed by atoms with Crippen molar-refractivity contribution in [2.24, 2.45) is 5.73 Å². The van der Waals surface area contributed by atoms with Gasteiger partial charge in [-0.3, -0.25) is 4.90 Å². The topological polar surface area (TPSA) is 58.7 Å². The van der Waals surface area contributed by atoms with Crippen LogP contribution in [0.4, 0.5) is 0 Å². The molecule has 4 atom stereocenters. The first kappa shape index (κ1) is 18.2. The smallest absolute Gasteiger partial charge is 0.138 e. The standard InChI is InChI=1S/C20H25ClN2O2/c1-23(13-14-7-3-2-4-8-14)19-16(22)11-12-18(20(19)24)25-17-10-6-5-9-15(17)21/h2-10,16,18-20,24H,11-13,22H2,1H3/t16-,18-,19+,20+/m1/s1. The number of halogens is 1. The first-order valence-electron chi connectivity index (χ1n) is 8.65. The zero-order chi connectivity index (χ0) is 17.8. The Morgan fingerprint density at radius 2 is 1.80 bits per heavy atom. The quantitative estimate of drug-likeness (QED) is 0.860. The Kier molecular flexibility index (Phi) is 5.97. The van der Waals surface area contributed by atoms with Crippen molar-refractivity contribution in [2.75, 3.05) is 7.05 Å². The van der Waals surface area contributed by atoms with Gasteiger partial charge in [-0.1, -0.05) is 54.1 Å². The molecule has 25 heavy (non-hydrogen) atoms. The van der Waals surface area contributed by atoms with E-state index in [-0.39, 0.29) is 18.2 Å². The van der Waals surface area contributed by atoms with Gasteiger partial charge >= 0.3 is 0 Å². The van der Waals surface area contributed by atoms with Crippen molar-refractivity contribution >= 4 is 11.6 Å². The lowest BCUT2D eigenvalue weighted by molar-refractivity contribution is -0.0568. The fourth-order valence-electron chi connectivity index (χ4n) is 3.57. The predicted molar refractivity (Wildman–Crippen MR) is 101 cm³/mol. The van der Waals surface area contributed by atoms with Gasteiger partial charge in [0.05, 0.1) is 11.1 Å². The van der Waals surface area contributed by atoms with Gasteiger partial charge in [0.1, 0.15) is 18.0 Å². The molecule has 3 rings (SSSR count). The van der Waals surface area contributed by atoms with E-state index in [2.05, 4.69) is 17.0 Å². The molecule has 0 aromatic heterocycles. The molecular formula is C20H25ClN2O2. The minimum atomic E-state index is -0.672. The number of nitrogens with two attached hydrogens (primary N) is 1. The van der Waals surface area contributed by atoms with Crippen LogP contribution in [-0.2, 0) is 6.54 Å². The van der Waals surface area contributed by atoms with Crippen molar-refractivity contribution in [3.05, 3.63) is 65.2 Å². The van der Waals surface area contributed by atoms with Crippen molar-refractivity contribution in [1.82, 2.24) is 4.90 Å². The van der Waals surface area contributed by atoms with Crippen LogP contribution in [-0.4, -0.2) is 41.3 Å². The summed E-state index contributed by atoms with van der Waals surface area (Å²) in [4.78, 5) is 2.12. The Balaban J connectivity index is 1.71. The van der Waals surface area contributed by atoms with E-state index in [1.54, 1.807) is 6.07 Å². The molecule has 1 aliphatic rings. The van der Waals surface area contributed by atoms with Gasteiger partial charge in [0.15, 0.2) is 0 Å². The summed E-state index contributed by atoms with van der Waals surface area (Å²) in [5.74, 6) is 0.605. The largest absolute Gasteiger partial charge is 0.486 e. The highest BCUT2D eigenvalue weighted by Gasteiger charge is 2.40. The number of aliphatic hydroxyl groups excluding tert-OH is 1. The first-order valence-corrected chi connectivity index (χ1v) is 9.03. The number of hydrogen-bond donors (Lipinski definition) is 2. The SMILES string of the molecule is CN(Cc1ccccc1)[C@@H]1[C@@H](O)[C@H](Oc2ccccc2Cl)CC[C@H]1N. The summed E-state index contributed by atoms with van der Waals surface area (Å²) < 4.78 is 6.01. The summed E-state index contributed by atoms with van der Waals surface area (Å²) in [5, 5.41) is 11.5. The molecule has 2 aromatic rings. The molecule has 1 aliphatic carbocycles.